The van der Waals surface area contributed by atoms with E-state index in [1.165, 1.54) is 44.7 Å². The van der Waals surface area contributed by atoms with E-state index in [4.69, 9.17) is 0 Å². The monoisotopic (exact) mass is 558 g/mol. The first-order valence-electron chi connectivity index (χ1n) is 11.5. The number of benzene rings is 2. The summed E-state index contributed by atoms with van der Waals surface area (Å²) in [7, 11) is 0. The molecule has 1 atom stereocenters. The summed E-state index contributed by atoms with van der Waals surface area (Å²) >= 11 is 0. The van der Waals surface area contributed by atoms with Crippen LogP contribution in [0.4, 0.5) is 0 Å². The zero-order valence-electron chi connectivity index (χ0n) is 21.4. The molecule has 0 amide bonds. The summed E-state index contributed by atoms with van der Waals surface area (Å²) in [4.78, 5) is 0. The van der Waals surface area contributed by atoms with Crippen molar-refractivity contribution in [3.63, 3.8) is 0 Å². The molecule has 0 radical (unpaired) electrons. The summed E-state index contributed by atoms with van der Waals surface area (Å²) < 4.78 is 0. The standard InChI is InChI=1S/C21H25.C9H13.2ClH.Zr/c1-20(2,3)16-7-9-18-14(12-16)11-15-13-17(21(4,5)6)8-10-19(15)18;1-3-8-5-6-9(4-2)7-8;;;/h7-13H,1-6H3;5-6,8H,3-4H2,1-2H3;2*1H;/q2*-1;;;+4/p-2. The van der Waals surface area contributed by atoms with E-state index in [9.17, 15) is 0 Å². The second-order valence-electron chi connectivity index (χ2n) is 10.6. The van der Waals surface area contributed by atoms with Crippen LogP contribution in [0.3, 0.4) is 0 Å². The van der Waals surface area contributed by atoms with Crippen molar-refractivity contribution in [2.24, 2.45) is 5.92 Å². The van der Waals surface area contributed by atoms with Crippen LogP contribution in [0.25, 0.3) is 21.5 Å². The Morgan fingerprint density at radius 3 is 1.55 bits per heavy atom. The van der Waals surface area contributed by atoms with E-state index in [0.29, 0.717) is 5.92 Å². The van der Waals surface area contributed by atoms with Crippen molar-refractivity contribution >= 4 is 21.5 Å². The zero-order valence-corrected chi connectivity index (χ0v) is 25.4. The Morgan fingerprint density at radius 2 is 1.24 bits per heavy atom. The molecule has 0 N–H and O–H groups in total. The molecule has 1 unspecified atom stereocenters. The molecule has 0 bridgehead atoms. The van der Waals surface area contributed by atoms with E-state index in [1.54, 1.807) is 0 Å². The fourth-order valence-electron chi connectivity index (χ4n) is 3.98. The van der Waals surface area contributed by atoms with Gasteiger partial charge in [0.15, 0.2) is 0 Å². The van der Waals surface area contributed by atoms with E-state index in [1.807, 2.05) is 0 Å². The molecule has 0 spiro atoms. The Labute approximate surface area is 233 Å². The minimum absolute atomic E-state index is 0. The van der Waals surface area contributed by atoms with Gasteiger partial charge in [-0.3, -0.25) is 6.08 Å². The normalized spacial score (nSPS) is 15.2. The molecule has 0 aromatic heterocycles. The molecule has 3 heteroatoms. The maximum atomic E-state index is 3.40. The summed E-state index contributed by atoms with van der Waals surface area (Å²) in [5.41, 5.74) is 4.59. The van der Waals surface area contributed by atoms with Gasteiger partial charge in [0.25, 0.3) is 0 Å². The number of fused-ring (bicyclic) bond motifs is 3. The third-order valence-corrected chi connectivity index (χ3v) is 6.16. The number of allylic oxidation sites excluding steroid dienone is 4. The molecule has 1 aliphatic carbocycles. The maximum Gasteiger partial charge on any atom is 4.00 e. The molecular weight excluding hydrogens is 522 g/mol. The van der Waals surface area contributed by atoms with Crippen LogP contribution in [-0.4, -0.2) is 0 Å². The van der Waals surface area contributed by atoms with Gasteiger partial charge in [-0.1, -0.05) is 110 Å². The molecule has 1 aliphatic rings. The molecule has 0 saturated carbocycles. The van der Waals surface area contributed by atoms with E-state index >= 15 is 0 Å². The molecule has 3 aromatic carbocycles. The van der Waals surface area contributed by atoms with Gasteiger partial charge in [-0.05, 0) is 10.8 Å². The van der Waals surface area contributed by atoms with Crippen molar-refractivity contribution in [1.29, 1.82) is 0 Å². The topological polar surface area (TPSA) is 0 Å². The molecule has 0 fully saturated rings. The van der Waals surface area contributed by atoms with Gasteiger partial charge >= 0.3 is 26.2 Å². The Hall–Kier alpha value is -0.747. The Kier molecular flexibility index (Phi) is 12.5. The van der Waals surface area contributed by atoms with Gasteiger partial charge in [-0.15, -0.1) is 39.7 Å². The van der Waals surface area contributed by atoms with Crippen molar-refractivity contribution in [2.75, 3.05) is 0 Å². The smallest absolute Gasteiger partial charge is 1.00 e. The van der Waals surface area contributed by atoms with Crippen molar-refractivity contribution in [1.82, 2.24) is 0 Å². The molecule has 0 nitrogen and oxygen atoms in total. The number of rotatable bonds is 2. The first-order chi connectivity index (χ1) is 14.0. The number of hydrogen-bond acceptors (Lipinski definition) is 0. The zero-order chi connectivity index (χ0) is 22.1. The number of hydrogen-bond donors (Lipinski definition) is 0. The van der Waals surface area contributed by atoms with E-state index < -0.39 is 0 Å². The largest absolute Gasteiger partial charge is 4.00 e. The summed E-state index contributed by atoms with van der Waals surface area (Å²) in [5, 5.41) is 5.48. The van der Waals surface area contributed by atoms with Crippen molar-refractivity contribution in [3.8, 4) is 0 Å². The third-order valence-electron chi connectivity index (χ3n) is 6.16. The molecular formula is C30H38Cl2Zr. The van der Waals surface area contributed by atoms with Crippen molar-refractivity contribution < 1.29 is 51.0 Å². The average molecular weight is 561 g/mol. The minimum atomic E-state index is 0. The van der Waals surface area contributed by atoms with Crippen LogP contribution in [0.1, 0.15) is 79.4 Å². The van der Waals surface area contributed by atoms with Crippen LogP contribution in [0.15, 0.2) is 60.2 Å². The Morgan fingerprint density at radius 1 is 0.788 bits per heavy atom. The predicted octanol–water partition coefficient (Wildman–Crippen LogP) is 3.03. The van der Waals surface area contributed by atoms with Crippen LogP contribution >= 0.6 is 0 Å². The van der Waals surface area contributed by atoms with Crippen molar-refractivity contribution in [2.45, 2.75) is 79.1 Å². The third kappa shape index (κ3) is 7.88. The van der Waals surface area contributed by atoms with Gasteiger partial charge in [-0.2, -0.15) is 6.08 Å². The number of halogens is 2. The van der Waals surface area contributed by atoms with Gasteiger partial charge in [0.05, 0.1) is 0 Å². The molecule has 4 rings (SSSR count). The van der Waals surface area contributed by atoms with E-state index in [-0.39, 0.29) is 61.8 Å². The second-order valence-corrected chi connectivity index (χ2v) is 10.6. The quantitative estimate of drug-likeness (QED) is 0.423. The first-order valence-corrected chi connectivity index (χ1v) is 11.5. The molecule has 176 valence electrons. The summed E-state index contributed by atoms with van der Waals surface area (Å²) in [6, 6.07) is 16.2. The van der Waals surface area contributed by atoms with Crippen LogP contribution in [0, 0.1) is 12.0 Å². The fourth-order valence-corrected chi connectivity index (χ4v) is 3.98. The summed E-state index contributed by atoms with van der Waals surface area (Å²) in [5.74, 6) is 0.611. The summed E-state index contributed by atoms with van der Waals surface area (Å²) in [6.45, 7) is 18.0. The van der Waals surface area contributed by atoms with Crippen LogP contribution in [0.2, 0.25) is 0 Å². The molecule has 0 saturated heterocycles. The molecule has 3 aromatic rings. The van der Waals surface area contributed by atoms with E-state index in [0.717, 1.165) is 6.42 Å². The van der Waals surface area contributed by atoms with Gasteiger partial charge in [0.1, 0.15) is 0 Å². The Bertz CT molecular complexity index is 1020. The van der Waals surface area contributed by atoms with Gasteiger partial charge < -0.3 is 24.8 Å². The molecule has 33 heavy (non-hydrogen) atoms. The van der Waals surface area contributed by atoms with E-state index in [2.05, 4.69) is 116 Å². The first kappa shape index (κ1) is 32.3. The SMILES string of the molecule is CC(C)(C)c1ccc2c(c1)[cH-]c1cc(C(C)(C)C)ccc12.CCC1=[C-]C(CC)C=C1.[Cl-].[Cl-].[Zr+4]. The Balaban J connectivity index is 0.000000733. The second kappa shape index (κ2) is 12.8. The van der Waals surface area contributed by atoms with Crippen LogP contribution < -0.4 is 24.8 Å². The van der Waals surface area contributed by atoms with Crippen molar-refractivity contribution in [3.05, 3.63) is 77.4 Å². The average Bonchev–Trinajstić information content (AvgIpc) is 3.30. The van der Waals surface area contributed by atoms with Gasteiger partial charge in [0.2, 0.25) is 0 Å². The minimum Gasteiger partial charge on any atom is -1.00 e. The fraction of sp³-hybridized carbons (Fsp3) is 0.433. The van der Waals surface area contributed by atoms with Crippen LogP contribution in [0.5, 0.6) is 0 Å². The maximum absolute atomic E-state index is 3.40. The summed E-state index contributed by atoms with van der Waals surface area (Å²) in [6.07, 6.45) is 10.1. The predicted molar refractivity (Wildman–Crippen MR) is 134 cm³/mol. The molecule has 0 heterocycles. The van der Waals surface area contributed by atoms with Gasteiger partial charge in [0, 0.05) is 0 Å². The van der Waals surface area contributed by atoms with Crippen LogP contribution in [-0.2, 0) is 37.0 Å². The molecule has 0 aliphatic heterocycles. The van der Waals surface area contributed by atoms with Gasteiger partial charge in [-0.25, -0.2) is 11.6 Å².